The maximum absolute atomic E-state index is 11.7. The van der Waals surface area contributed by atoms with E-state index < -0.39 is 11.1 Å². The first-order valence-corrected chi connectivity index (χ1v) is 9.65. The van der Waals surface area contributed by atoms with Gasteiger partial charge in [0, 0.05) is 10.6 Å². The number of carboxylic acids is 1. The molecule has 0 heterocycles. The number of aliphatic carboxylic acids is 1. The Labute approximate surface area is 148 Å². The van der Waals surface area contributed by atoms with Gasteiger partial charge in [0.05, 0.1) is 0 Å². The minimum absolute atomic E-state index is 0.195. The van der Waals surface area contributed by atoms with E-state index in [9.17, 15) is 14.5 Å². The highest BCUT2D eigenvalue weighted by molar-refractivity contribution is 7.99. The zero-order valence-electron chi connectivity index (χ0n) is 13.6. The van der Waals surface area contributed by atoms with Gasteiger partial charge in [-0.15, -0.1) is 11.8 Å². The Bertz CT molecular complexity index is 619. The number of thioether (sulfide) groups is 1. The Kier molecular flexibility index (Phi) is 7.01. The van der Waals surface area contributed by atoms with Crippen LogP contribution in [-0.2, 0) is 15.8 Å². The molecule has 24 heavy (non-hydrogen) atoms. The molecule has 0 aliphatic heterocycles. The number of benzene rings is 2. The zero-order valence-corrected chi connectivity index (χ0v) is 15.3. The van der Waals surface area contributed by atoms with Crippen molar-refractivity contribution in [3.8, 4) is 0 Å². The second-order valence-corrected chi connectivity index (χ2v) is 8.09. The molecular formula is C19H21O3PS. The van der Waals surface area contributed by atoms with Crippen LogP contribution in [0.2, 0.25) is 0 Å². The molecule has 2 aromatic rings. The minimum atomic E-state index is -1.27. The van der Waals surface area contributed by atoms with E-state index in [1.54, 1.807) is 18.7 Å². The van der Waals surface area contributed by atoms with Gasteiger partial charge in [0.25, 0.3) is 0 Å². The highest BCUT2D eigenvalue weighted by atomic mass is 32.2. The lowest BCUT2D eigenvalue weighted by atomic mass is 9.89. The third kappa shape index (κ3) is 4.93. The molecule has 0 saturated heterocycles. The van der Waals surface area contributed by atoms with Crippen LogP contribution in [0.15, 0.2) is 65.6 Å². The highest BCUT2D eigenvalue weighted by Gasteiger charge is 2.42. The summed E-state index contributed by atoms with van der Waals surface area (Å²) in [7, 11) is -0.335. The van der Waals surface area contributed by atoms with E-state index in [1.165, 1.54) is 5.56 Å². The summed E-state index contributed by atoms with van der Waals surface area (Å²) < 4.78 is 11.6. The standard InChI is InChI=1S/C19H21O3PS/c1-19(23-22,18(20)21)16(13-12-15-8-4-2-5-9-15)14-24-17-10-6-3-7-11-17/h2-11,16H,12-14H2,1H3,(H,20,21). The normalized spacial score (nSPS) is 14.9. The quantitative estimate of drug-likeness (QED) is 0.495. The Hall–Kier alpha value is -1.64. The maximum atomic E-state index is 11.7. The van der Waals surface area contributed by atoms with E-state index in [1.807, 2.05) is 60.7 Å². The summed E-state index contributed by atoms with van der Waals surface area (Å²) in [5, 5.41) is 8.31. The molecule has 0 amide bonds. The van der Waals surface area contributed by atoms with Crippen LogP contribution in [-0.4, -0.2) is 22.0 Å². The largest absolute Gasteiger partial charge is 0.480 e. The van der Waals surface area contributed by atoms with Gasteiger partial charge < -0.3 is 5.11 Å². The molecule has 2 atom stereocenters. The summed E-state index contributed by atoms with van der Waals surface area (Å²) in [6, 6.07) is 19.9. The van der Waals surface area contributed by atoms with Gasteiger partial charge in [-0.05, 0) is 43.4 Å². The van der Waals surface area contributed by atoms with Crippen LogP contribution in [0.1, 0.15) is 18.9 Å². The molecule has 2 unspecified atom stereocenters. The van der Waals surface area contributed by atoms with Crippen LogP contribution in [0.25, 0.3) is 0 Å². The number of hydrogen-bond donors (Lipinski definition) is 1. The lowest BCUT2D eigenvalue weighted by molar-refractivity contribution is -0.140. The predicted octanol–water partition coefficient (Wildman–Crippen LogP) is 5.16. The molecule has 0 radical (unpaired) electrons. The summed E-state index contributed by atoms with van der Waals surface area (Å²) >= 11 is 1.62. The smallest absolute Gasteiger partial charge is 0.321 e. The second kappa shape index (κ2) is 9.00. The average molecular weight is 360 g/mol. The van der Waals surface area contributed by atoms with Crippen molar-refractivity contribution in [2.45, 2.75) is 29.8 Å². The minimum Gasteiger partial charge on any atom is -0.480 e. The van der Waals surface area contributed by atoms with E-state index in [0.717, 1.165) is 11.3 Å². The van der Waals surface area contributed by atoms with Gasteiger partial charge in [0.15, 0.2) is 8.46 Å². The van der Waals surface area contributed by atoms with Crippen molar-refractivity contribution in [2.24, 2.45) is 5.92 Å². The highest BCUT2D eigenvalue weighted by Crippen LogP contribution is 2.38. The lowest BCUT2D eigenvalue weighted by Crippen LogP contribution is -2.39. The molecular weight excluding hydrogens is 339 g/mol. The molecule has 0 saturated carbocycles. The number of rotatable bonds is 9. The van der Waals surface area contributed by atoms with Crippen LogP contribution in [0.4, 0.5) is 0 Å². The molecule has 0 bridgehead atoms. The third-order valence-corrected chi connectivity index (χ3v) is 6.35. The van der Waals surface area contributed by atoms with Crippen molar-refractivity contribution in [3.63, 3.8) is 0 Å². The van der Waals surface area contributed by atoms with Crippen LogP contribution < -0.4 is 0 Å². The van der Waals surface area contributed by atoms with Crippen LogP contribution >= 0.6 is 20.2 Å². The van der Waals surface area contributed by atoms with Gasteiger partial charge in [0.1, 0.15) is 5.16 Å². The summed E-state index contributed by atoms with van der Waals surface area (Å²) in [4.78, 5) is 12.8. The first-order chi connectivity index (χ1) is 11.6. The Morgan fingerprint density at radius 3 is 2.25 bits per heavy atom. The Balaban J connectivity index is 2.11. The number of carbonyl (C=O) groups is 1. The first kappa shape index (κ1) is 18.7. The first-order valence-electron chi connectivity index (χ1n) is 7.86. The average Bonchev–Trinajstić information content (AvgIpc) is 2.62. The van der Waals surface area contributed by atoms with Crippen molar-refractivity contribution in [2.75, 3.05) is 5.75 Å². The fraction of sp³-hybridized carbons (Fsp3) is 0.316. The molecule has 5 heteroatoms. The van der Waals surface area contributed by atoms with E-state index in [-0.39, 0.29) is 14.4 Å². The fourth-order valence-electron chi connectivity index (χ4n) is 2.51. The summed E-state index contributed by atoms with van der Waals surface area (Å²) in [5.41, 5.74) is 1.17. The van der Waals surface area contributed by atoms with Gasteiger partial charge in [-0.1, -0.05) is 48.5 Å². The maximum Gasteiger partial charge on any atom is 0.321 e. The fourth-order valence-corrected chi connectivity index (χ4v) is 4.33. The van der Waals surface area contributed by atoms with E-state index in [0.29, 0.717) is 12.2 Å². The van der Waals surface area contributed by atoms with Crippen molar-refractivity contribution in [3.05, 3.63) is 66.2 Å². The van der Waals surface area contributed by atoms with Gasteiger partial charge in [-0.2, -0.15) is 0 Å². The molecule has 0 aliphatic carbocycles. The number of hydrogen-bond acceptors (Lipinski definition) is 3. The topological polar surface area (TPSA) is 54.4 Å². The van der Waals surface area contributed by atoms with Crippen LogP contribution in [0.5, 0.6) is 0 Å². The zero-order chi connectivity index (χ0) is 17.4. The van der Waals surface area contributed by atoms with Crippen molar-refractivity contribution in [1.82, 2.24) is 0 Å². The second-order valence-electron chi connectivity index (χ2n) is 5.89. The summed E-state index contributed by atoms with van der Waals surface area (Å²) in [6.45, 7) is 1.57. The van der Waals surface area contributed by atoms with Crippen LogP contribution in [0, 0.1) is 5.92 Å². The molecule has 3 nitrogen and oxygen atoms in total. The molecule has 0 fully saturated rings. The van der Waals surface area contributed by atoms with E-state index in [4.69, 9.17) is 0 Å². The SMILES string of the molecule is CC(P=O)(C(=O)O)C(CCc1ccccc1)CSc1ccccc1. The lowest BCUT2D eigenvalue weighted by Gasteiger charge is -2.28. The molecule has 0 aromatic heterocycles. The number of aryl methyl sites for hydroxylation is 1. The molecule has 0 aliphatic rings. The molecule has 126 valence electrons. The molecule has 1 N–H and O–H groups in total. The predicted molar refractivity (Wildman–Crippen MR) is 99.1 cm³/mol. The monoisotopic (exact) mass is 360 g/mol. The summed E-state index contributed by atoms with van der Waals surface area (Å²) in [5.74, 6) is -0.583. The van der Waals surface area contributed by atoms with E-state index in [2.05, 4.69) is 0 Å². The van der Waals surface area contributed by atoms with Gasteiger partial charge in [-0.25, -0.2) is 0 Å². The van der Waals surface area contributed by atoms with Gasteiger partial charge in [0.2, 0.25) is 0 Å². The van der Waals surface area contributed by atoms with Crippen molar-refractivity contribution < 1.29 is 14.5 Å². The Morgan fingerprint density at radius 2 is 1.71 bits per heavy atom. The molecule has 2 rings (SSSR count). The molecule has 0 spiro atoms. The summed E-state index contributed by atoms with van der Waals surface area (Å²) in [6.07, 6.45) is 1.46. The van der Waals surface area contributed by atoms with E-state index >= 15 is 0 Å². The molecule has 2 aromatic carbocycles. The van der Waals surface area contributed by atoms with Crippen molar-refractivity contribution >= 4 is 26.2 Å². The third-order valence-electron chi connectivity index (χ3n) is 4.24. The van der Waals surface area contributed by atoms with Gasteiger partial charge >= 0.3 is 5.97 Å². The van der Waals surface area contributed by atoms with Crippen LogP contribution in [0.3, 0.4) is 0 Å². The Morgan fingerprint density at radius 1 is 1.12 bits per heavy atom. The van der Waals surface area contributed by atoms with Crippen molar-refractivity contribution in [1.29, 1.82) is 0 Å². The number of carboxylic acid groups (broad SMARTS) is 1. The van der Waals surface area contributed by atoms with Gasteiger partial charge in [-0.3, -0.25) is 9.36 Å².